The number of aromatic nitrogens is 1. The first-order valence-corrected chi connectivity index (χ1v) is 12.1. The van der Waals surface area contributed by atoms with E-state index in [1.165, 1.54) is 4.90 Å². The van der Waals surface area contributed by atoms with Crippen LogP contribution in [-0.4, -0.2) is 34.6 Å². The lowest BCUT2D eigenvalue weighted by Crippen LogP contribution is -2.29. The standard InChI is InChI=1S/C30H28N2O5/c1-18(2)37-22-13-9-19(10-14-22)28(33)26-27(24-17-31(3)25-8-6-5-7-23(24)25)32(30(35)29(26)34)20-11-15-21(36-4)16-12-20/h5-18,27,33H,1-4H3/b28-26+. The molecule has 7 heteroatoms. The summed E-state index contributed by atoms with van der Waals surface area (Å²) in [6.07, 6.45) is 1.91. The van der Waals surface area contributed by atoms with Gasteiger partial charge < -0.3 is 19.1 Å². The van der Waals surface area contributed by atoms with Gasteiger partial charge >= 0.3 is 0 Å². The summed E-state index contributed by atoms with van der Waals surface area (Å²) in [5.41, 5.74) is 2.69. The van der Waals surface area contributed by atoms with Gasteiger partial charge in [-0.3, -0.25) is 14.5 Å². The first kappa shape index (κ1) is 24.2. The Morgan fingerprint density at radius 3 is 2.22 bits per heavy atom. The van der Waals surface area contributed by atoms with E-state index < -0.39 is 17.7 Å². The van der Waals surface area contributed by atoms with E-state index in [1.807, 2.05) is 55.9 Å². The van der Waals surface area contributed by atoms with Gasteiger partial charge in [-0.1, -0.05) is 18.2 Å². The Bertz CT molecular complexity index is 1510. The van der Waals surface area contributed by atoms with Crippen LogP contribution in [0.5, 0.6) is 11.5 Å². The molecule has 5 rings (SSSR count). The van der Waals surface area contributed by atoms with Crippen LogP contribution in [0.2, 0.25) is 0 Å². The Kier molecular flexibility index (Phi) is 6.21. The van der Waals surface area contributed by atoms with Crippen LogP contribution in [0.4, 0.5) is 5.69 Å². The third-order valence-corrected chi connectivity index (χ3v) is 6.52. The lowest BCUT2D eigenvalue weighted by molar-refractivity contribution is -0.132. The topological polar surface area (TPSA) is 81.0 Å². The minimum absolute atomic E-state index is 0.000583. The number of benzene rings is 3. The smallest absolute Gasteiger partial charge is 0.300 e. The number of rotatable bonds is 6. The van der Waals surface area contributed by atoms with Crippen LogP contribution in [0.25, 0.3) is 16.7 Å². The number of hydrogen-bond donors (Lipinski definition) is 1. The summed E-state index contributed by atoms with van der Waals surface area (Å²) in [5, 5.41) is 12.3. The number of ether oxygens (including phenoxy) is 2. The monoisotopic (exact) mass is 496 g/mol. The van der Waals surface area contributed by atoms with Gasteiger partial charge in [0.05, 0.1) is 24.8 Å². The molecule has 0 bridgehead atoms. The number of nitrogens with zero attached hydrogens (tertiary/aromatic N) is 2. The van der Waals surface area contributed by atoms with Gasteiger partial charge in [-0.05, 0) is 68.4 Å². The van der Waals surface area contributed by atoms with Crippen molar-refractivity contribution in [1.82, 2.24) is 4.57 Å². The number of methoxy groups -OCH3 is 1. The summed E-state index contributed by atoms with van der Waals surface area (Å²) in [6.45, 7) is 3.86. The lowest BCUT2D eigenvalue weighted by atomic mass is 9.94. The summed E-state index contributed by atoms with van der Waals surface area (Å²) in [7, 11) is 3.48. The van der Waals surface area contributed by atoms with Gasteiger partial charge in [0.2, 0.25) is 0 Å². The number of amides is 1. The van der Waals surface area contributed by atoms with E-state index in [2.05, 4.69) is 0 Å². The Labute approximate surface area is 215 Å². The minimum atomic E-state index is -0.828. The number of ketones is 1. The molecule has 0 aliphatic carbocycles. The van der Waals surface area contributed by atoms with Crippen molar-refractivity contribution in [3.8, 4) is 11.5 Å². The third kappa shape index (κ3) is 4.22. The number of fused-ring (bicyclic) bond motifs is 1. The maximum atomic E-state index is 13.5. The maximum Gasteiger partial charge on any atom is 0.300 e. The van der Waals surface area contributed by atoms with E-state index in [-0.39, 0.29) is 17.4 Å². The Balaban J connectivity index is 1.71. The zero-order valence-electron chi connectivity index (χ0n) is 21.1. The van der Waals surface area contributed by atoms with Crippen molar-refractivity contribution in [2.45, 2.75) is 26.0 Å². The molecule has 0 spiro atoms. The van der Waals surface area contributed by atoms with Crippen LogP contribution in [-0.2, 0) is 16.6 Å². The predicted molar refractivity (Wildman–Crippen MR) is 143 cm³/mol. The highest BCUT2D eigenvalue weighted by molar-refractivity contribution is 6.51. The van der Waals surface area contributed by atoms with Crippen molar-refractivity contribution in [2.75, 3.05) is 12.0 Å². The molecule has 0 saturated carbocycles. The van der Waals surface area contributed by atoms with E-state index in [4.69, 9.17) is 9.47 Å². The van der Waals surface area contributed by atoms with E-state index in [0.717, 1.165) is 16.5 Å². The predicted octanol–water partition coefficient (Wildman–Crippen LogP) is 5.60. The van der Waals surface area contributed by atoms with Gasteiger partial charge in [0, 0.05) is 41.0 Å². The minimum Gasteiger partial charge on any atom is -0.507 e. The average Bonchev–Trinajstić information content (AvgIpc) is 3.37. The van der Waals surface area contributed by atoms with Gasteiger partial charge in [0.25, 0.3) is 11.7 Å². The molecule has 1 unspecified atom stereocenters. The van der Waals surface area contributed by atoms with Crippen LogP contribution in [0, 0.1) is 0 Å². The number of aliphatic hydroxyl groups excluding tert-OH is 1. The maximum absolute atomic E-state index is 13.5. The van der Waals surface area contributed by atoms with Gasteiger partial charge in [-0.2, -0.15) is 0 Å². The van der Waals surface area contributed by atoms with E-state index in [9.17, 15) is 14.7 Å². The second-order valence-corrected chi connectivity index (χ2v) is 9.27. The molecule has 0 radical (unpaired) electrons. The SMILES string of the molecule is COc1ccc(N2C(=O)C(=O)/C(=C(/O)c3ccc(OC(C)C)cc3)C2c2cn(C)c3ccccc23)cc1. The van der Waals surface area contributed by atoms with Crippen LogP contribution >= 0.6 is 0 Å². The van der Waals surface area contributed by atoms with Crippen molar-refractivity contribution in [1.29, 1.82) is 0 Å². The molecule has 1 fully saturated rings. The number of Topliss-reactive ketones (excluding diaryl/α,β-unsaturated/α-hetero) is 1. The van der Waals surface area contributed by atoms with Crippen molar-refractivity contribution in [2.24, 2.45) is 7.05 Å². The fourth-order valence-electron chi connectivity index (χ4n) is 4.85. The van der Waals surface area contributed by atoms with Crippen LogP contribution in [0.3, 0.4) is 0 Å². The molecule has 2 heterocycles. The molecule has 3 aromatic carbocycles. The molecule has 188 valence electrons. The number of aryl methyl sites for hydroxylation is 1. The lowest BCUT2D eigenvalue weighted by Gasteiger charge is -2.25. The number of carbonyl (C=O) groups excluding carboxylic acids is 2. The Hall–Kier alpha value is -4.52. The van der Waals surface area contributed by atoms with Gasteiger partial charge in [-0.15, -0.1) is 0 Å². The second-order valence-electron chi connectivity index (χ2n) is 9.27. The quantitative estimate of drug-likeness (QED) is 0.214. The number of aliphatic hydroxyl groups is 1. The molecule has 37 heavy (non-hydrogen) atoms. The first-order chi connectivity index (χ1) is 17.8. The molecular weight excluding hydrogens is 468 g/mol. The van der Waals surface area contributed by atoms with Crippen molar-refractivity contribution >= 4 is 34.0 Å². The molecule has 4 aromatic rings. The average molecular weight is 497 g/mol. The summed E-state index contributed by atoms with van der Waals surface area (Å²) in [4.78, 5) is 28.4. The third-order valence-electron chi connectivity index (χ3n) is 6.52. The van der Waals surface area contributed by atoms with Crippen LogP contribution < -0.4 is 14.4 Å². The molecule has 1 aliphatic heterocycles. The summed E-state index contributed by atoms with van der Waals surface area (Å²) < 4.78 is 12.9. The number of carbonyl (C=O) groups is 2. The van der Waals surface area contributed by atoms with Crippen molar-refractivity contribution < 1.29 is 24.2 Å². The highest BCUT2D eigenvalue weighted by atomic mass is 16.5. The number of hydrogen-bond acceptors (Lipinski definition) is 5. The highest BCUT2D eigenvalue weighted by Gasteiger charge is 2.47. The summed E-state index contributed by atoms with van der Waals surface area (Å²) in [6, 6.07) is 20.8. The molecular formula is C30H28N2O5. The van der Waals surface area contributed by atoms with Crippen LogP contribution in [0.15, 0.2) is 84.6 Å². The van der Waals surface area contributed by atoms with Gasteiger partial charge in [-0.25, -0.2) is 0 Å². The largest absolute Gasteiger partial charge is 0.507 e. The fraction of sp³-hybridized carbons (Fsp3) is 0.200. The molecule has 1 atom stereocenters. The molecule has 1 amide bonds. The highest BCUT2D eigenvalue weighted by Crippen LogP contribution is 2.45. The zero-order valence-corrected chi connectivity index (χ0v) is 21.1. The van der Waals surface area contributed by atoms with Gasteiger partial charge in [0.15, 0.2) is 0 Å². The Morgan fingerprint density at radius 1 is 0.919 bits per heavy atom. The van der Waals surface area contributed by atoms with E-state index in [1.54, 1.807) is 55.6 Å². The first-order valence-electron chi connectivity index (χ1n) is 12.1. The summed E-state index contributed by atoms with van der Waals surface area (Å²) >= 11 is 0. The molecule has 1 aromatic heterocycles. The fourth-order valence-corrected chi connectivity index (χ4v) is 4.85. The van der Waals surface area contributed by atoms with Crippen molar-refractivity contribution in [3.05, 3.63) is 95.7 Å². The van der Waals surface area contributed by atoms with Crippen molar-refractivity contribution in [3.63, 3.8) is 0 Å². The summed E-state index contributed by atoms with van der Waals surface area (Å²) in [5.74, 6) is -0.400. The normalized spacial score (nSPS) is 17.1. The number of para-hydroxylation sites is 1. The molecule has 7 nitrogen and oxygen atoms in total. The van der Waals surface area contributed by atoms with Gasteiger partial charge in [0.1, 0.15) is 17.3 Å². The van der Waals surface area contributed by atoms with E-state index >= 15 is 0 Å². The second kappa shape index (κ2) is 9.50. The molecule has 1 aliphatic rings. The molecule has 1 saturated heterocycles. The molecule has 1 N–H and O–H groups in total. The zero-order chi connectivity index (χ0) is 26.3. The number of anilines is 1. The Morgan fingerprint density at radius 2 is 1.57 bits per heavy atom. The van der Waals surface area contributed by atoms with E-state index in [0.29, 0.717) is 22.7 Å². The van der Waals surface area contributed by atoms with Crippen LogP contribution in [0.1, 0.15) is 31.0 Å².